The monoisotopic (exact) mass is 436 g/mol. The third kappa shape index (κ3) is 6.44. The van der Waals surface area contributed by atoms with Crippen molar-refractivity contribution in [1.29, 1.82) is 0 Å². The number of ether oxygens (including phenoxy) is 1. The largest absolute Gasteiger partial charge is 0.478 e. The summed E-state index contributed by atoms with van der Waals surface area (Å²) in [7, 11) is 0. The predicted octanol–water partition coefficient (Wildman–Crippen LogP) is 7.61. The number of carbonyl (C=O) groups excluding carboxylic acids is 1. The Kier molecular flexibility index (Phi) is 8.90. The fraction of sp³-hybridized carbons (Fsp3) is 0.500. The Balaban J connectivity index is 1.73. The summed E-state index contributed by atoms with van der Waals surface area (Å²) in [5.74, 6) is 0.673. The van der Waals surface area contributed by atoms with Crippen LogP contribution in [0.4, 0.5) is 0 Å². The first kappa shape index (κ1) is 24.0. The Morgan fingerprint density at radius 1 is 0.938 bits per heavy atom. The molecule has 2 aromatic rings. The number of carbonyl (C=O) groups is 2. The Labute approximate surface area is 192 Å². The third-order valence-electron chi connectivity index (χ3n) is 6.80. The number of benzene rings is 2. The lowest BCUT2D eigenvalue weighted by Crippen LogP contribution is -2.13. The van der Waals surface area contributed by atoms with E-state index in [1.807, 2.05) is 18.2 Å². The van der Waals surface area contributed by atoms with Gasteiger partial charge in [-0.25, -0.2) is 4.79 Å². The number of hydrogen-bond donors (Lipinski definition) is 1. The van der Waals surface area contributed by atoms with E-state index in [4.69, 9.17) is 4.74 Å². The first-order valence-electron chi connectivity index (χ1n) is 12.2. The molecule has 0 saturated heterocycles. The predicted molar refractivity (Wildman–Crippen MR) is 128 cm³/mol. The van der Waals surface area contributed by atoms with Crippen molar-refractivity contribution >= 4 is 11.9 Å². The molecule has 0 aliphatic heterocycles. The number of unbranched alkanes of at least 4 members (excludes halogenated alkanes) is 3. The molecule has 0 unspecified atom stereocenters. The van der Waals surface area contributed by atoms with Gasteiger partial charge in [0.05, 0.1) is 5.56 Å². The number of esters is 1. The average Bonchev–Trinajstić information content (AvgIpc) is 2.82. The van der Waals surface area contributed by atoms with Gasteiger partial charge in [-0.15, -0.1) is 0 Å². The molecule has 0 spiro atoms. The summed E-state index contributed by atoms with van der Waals surface area (Å²) in [6.45, 7) is 4.40. The molecule has 1 aliphatic rings. The minimum absolute atomic E-state index is 0.218. The highest BCUT2D eigenvalue weighted by Gasteiger charge is 2.23. The zero-order chi connectivity index (χ0) is 22.9. The van der Waals surface area contributed by atoms with Gasteiger partial charge in [-0.3, -0.25) is 4.79 Å². The molecule has 1 N–H and O–H groups in total. The van der Waals surface area contributed by atoms with Crippen LogP contribution in [0.3, 0.4) is 0 Å². The van der Waals surface area contributed by atoms with Crippen LogP contribution < -0.4 is 4.74 Å². The Hall–Kier alpha value is -2.62. The molecule has 4 heteroatoms. The van der Waals surface area contributed by atoms with Crippen LogP contribution in [0.2, 0.25) is 0 Å². The summed E-state index contributed by atoms with van der Waals surface area (Å²) in [6.07, 6.45) is 10.6. The zero-order valence-corrected chi connectivity index (χ0v) is 19.4. The molecule has 1 fully saturated rings. The van der Waals surface area contributed by atoms with Crippen molar-refractivity contribution in [3.8, 4) is 16.9 Å². The first-order chi connectivity index (χ1) is 15.5. The van der Waals surface area contributed by atoms with Crippen LogP contribution in [-0.2, 0) is 4.79 Å². The van der Waals surface area contributed by atoms with Gasteiger partial charge in [-0.1, -0.05) is 63.8 Å². The van der Waals surface area contributed by atoms with Crippen LogP contribution in [0.25, 0.3) is 11.1 Å². The van der Waals surface area contributed by atoms with Crippen LogP contribution in [0.15, 0.2) is 42.5 Å². The maximum Gasteiger partial charge on any atom is 0.336 e. The molecule has 0 amide bonds. The topological polar surface area (TPSA) is 63.6 Å². The van der Waals surface area contributed by atoms with Crippen LogP contribution in [0, 0.1) is 5.92 Å². The maximum absolute atomic E-state index is 12.0. The number of aromatic carboxylic acids is 1. The number of carboxylic acids is 1. The van der Waals surface area contributed by atoms with E-state index in [-0.39, 0.29) is 5.97 Å². The standard InChI is InChI=1S/C28H36O4/c1-3-5-6-7-8-27(29)32-24-16-13-22(14-17-24)26-19-23(15-18-25(26)28(30)31)21-11-9-20(4-2)10-12-21/h13-21H,3-12H2,1-2H3,(H,30,31). The van der Waals surface area contributed by atoms with Crippen LogP contribution in [0.1, 0.15) is 99.9 Å². The molecule has 0 aromatic heterocycles. The van der Waals surface area contributed by atoms with Crippen molar-refractivity contribution in [1.82, 2.24) is 0 Å². The quantitative estimate of drug-likeness (QED) is 0.236. The Bertz CT molecular complexity index is 892. The van der Waals surface area contributed by atoms with E-state index in [2.05, 4.69) is 19.9 Å². The second-order valence-corrected chi connectivity index (χ2v) is 9.05. The van der Waals surface area contributed by atoms with Crippen molar-refractivity contribution in [2.45, 2.75) is 84.0 Å². The van der Waals surface area contributed by atoms with Crippen LogP contribution in [0.5, 0.6) is 5.75 Å². The molecule has 4 nitrogen and oxygen atoms in total. The van der Waals surface area contributed by atoms with Gasteiger partial charge in [0, 0.05) is 6.42 Å². The third-order valence-corrected chi connectivity index (χ3v) is 6.80. The fourth-order valence-corrected chi connectivity index (χ4v) is 4.73. The van der Waals surface area contributed by atoms with E-state index in [1.54, 1.807) is 18.2 Å². The molecule has 2 aromatic carbocycles. The lowest BCUT2D eigenvalue weighted by atomic mass is 9.77. The second kappa shape index (κ2) is 11.8. The van der Waals surface area contributed by atoms with Gasteiger partial charge in [-0.2, -0.15) is 0 Å². The molecule has 32 heavy (non-hydrogen) atoms. The van der Waals surface area contributed by atoms with Crippen molar-refractivity contribution in [2.75, 3.05) is 0 Å². The van der Waals surface area contributed by atoms with Crippen molar-refractivity contribution in [3.05, 3.63) is 53.6 Å². The summed E-state index contributed by atoms with van der Waals surface area (Å²) < 4.78 is 5.45. The maximum atomic E-state index is 12.0. The highest BCUT2D eigenvalue weighted by atomic mass is 16.5. The summed E-state index contributed by atoms with van der Waals surface area (Å²) >= 11 is 0. The van der Waals surface area contributed by atoms with Gasteiger partial charge >= 0.3 is 11.9 Å². The molecule has 1 saturated carbocycles. The van der Waals surface area contributed by atoms with Crippen LogP contribution in [-0.4, -0.2) is 17.0 Å². The molecule has 172 valence electrons. The molecule has 3 rings (SSSR count). The van der Waals surface area contributed by atoms with E-state index >= 15 is 0 Å². The number of hydrogen-bond acceptors (Lipinski definition) is 3. The van der Waals surface area contributed by atoms with Crippen molar-refractivity contribution in [2.24, 2.45) is 5.92 Å². The molecule has 0 radical (unpaired) electrons. The lowest BCUT2D eigenvalue weighted by Gasteiger charge is -2.28. The van der Waals surface area contributed by atoms with Gasteiger partial charge in [0.15, 0.2) is 0 Å². The number of rotatable bonds is 10. The molecular formula is C28H36O4. The van der Waals surface area contributed by atoms with Crippen molar-refractivity contribution in [3.63, 3.8) is 0 Å². The Morgan fingerprint density at radius 2 is 1.66 bits per heavy atom. The summed E-state index contributed by atoms with van der Waals surface area (Å²) in [6, 6.07) is 13.0. The average molecular weight is 437 g/mol. The highest BCUT2D eigenvalue weighted by molar-refractivity contribution is 5.96. The van der Waals surface area contributed by atoms with Gasteiger partial charge in [0.2, 0.25) is 0 Å². The normalized spacial score (nSPS) is 18.3. The summed E-state index contributed by atoms with van der Waals surface area (Å²) in [4.78, 5) is 23.9. The van der Waals surface area contributed by atoms with Gasteiger partial charge in [0.1, 0.15) is 5.75 Å². The zero-order valence-electron chi connectivity index (χ0n) is 19.4. The molecule has 1 aliphatic carbocycles. The summed E-state index contributed by atoms with van der Waals surface area (Å²) in [5.41, 5.74) is 3.08. The highest BCUT2D eigenvalue weighted by Crippen LogP contribution is 2.39. The summed E-state index contributed by atoms with van der Waals surface area (Å²) in [5, 5.41) is 9.72. The van der Waals surface area contributed by atoms with E-state index < -0.39 is 5.97 Å². The first-order valence-corrected chi connectivity index (χ1v) is 12.2. The van der Waals surface area contributed by atoms with Crippen LogP contribution >= 0.6 is 0 Å². The molecule has 0 bridgehead atoms. The van der Waals surface area contributed by atoms with Gasteiger partial charge in [0.25, 0.3) is 0 Å². The van der Waals surface area contributed by atoms with E-state index in [0.717, 1.165) is 55.6 Å². The lowest BCUT2D eigenvalue weighted by molar-refractivity contribution is -0.134. The van der Waals surface area contributed by atoms with E-state index in [1.165, 1.54) is 24.8 Å². The smallest absolute Gasteiger partial charge is 0.336 e. The minimum atomic E-state index is -0.927. The van der Waals surface area contributed by atoms with Crippen molar-refractivity contribution < 1.29 is 19.4 Å². The fourth-order valence-electron chi connectivity index (χ4n) is 4.73. The van der Waals surface area contributed by atoms with Gasteiger partial charge in [-0.05, 0) is 78.8 Å². The number of carboxylic acid groups (broad SMARTS) is 1. The Morgan fingerprint density at radius 3 is 2.28 bits per heavy atom. The minimum Gasteiger partial charge on any atom is -0.478 e. The SMILES string of the molecule is CCCCCCC(=O)Oc1ccc(-c2cc(C3CCC(CC)CC3)ccc2C(=O)O)cc1. The van der Waals surface area contributed by atoms with E-state index in [0.29, 0.717) is 23.7 Å². The van der Waals surface area contributed by atoms with Gasteiger partial charge < -0.3 is 9.84 Å². The second-order valence-electron chi connectivity index (χ2n) is 9.05. The molecular weight excluding hydrogens is 400 g/mol. The molecule has 0 atom stereocenters. The van der Waals surface area contributed by atoms with E-state index in [9.17, 15) is 14.7 Å². The molecule has 0 heterocycles.